The molecule has 0 radical (unpaired) electrons. The molecule has 1 aromatic rings. The van der Waals surface area contributed by atoms with Gasteiger partial charge in [-0.15, -0.1) is 0 Å². The molecular weight excluding hydrogens is 244 g/mol. The summed E-state index contributed by atoms with van der Waals surface area (Å²) in [5.41, 5.74) is 1.91. The van der Waals surface area contributed by atoms with E-state index in [1.807, 2.05) is 19.1 Å². The number of aromatic nitrogens is 1. The van der Waals surface area contributed by atoms with Crippen molar-refractivity contribution in [1.29, 1.82) is 0 Å². The van der Waals surface area contributed by atoms with Gasteiger partial charge in [0.15, 0.2) is 0 Å². The fraction of sp³-hybridized carbons (Fsp3) is 0.643. The normalized spacial score (nSPS) is 10.7. The molecule has 0 saturated carbocycles. The van der Waals surface area contributed by atoms with E-state index in [0.717, 1.165) is 30.1 Å². The van der Waals surface area contributed by atoms with Crippen LogP contribution in [0.5, 0.6) is 5.75 Å². The van der Waals surface area contributed by atoms with E-state index in [4.69, 9.17) is 14.6 Å². The van der Waals surface area contributed by atoms with E-state index in [1.54, 1.807) is 0 Å². The maximum atomic E-state index is 8.59. The lowest BCUT2D eigenvalue weighted by molar-refractivity contribution is 0.0702. The van der Waals surface area contributed by atoms with E-state index in [0.29, 0.717) is 26.4 Å². The highest BCUT2D eigenvalue weighted by Crippen LogP contribution is 2.16. The van der Waals surface area contributed by atoms with Crippen molar-refractivity contribution < 1.29 is 14.6 Å². The highest BCUT2D eigenvalue weighted by atomic mass is 16.5. The van der Waals surface area contributed by atoms with Gasteiger partial charge in [0.05, 0.1) is 25.5 Å². The van der Waals surface area contributed by atoms with Crippen LogP contribution < -0.4 is 10.1 Å². The minimum Gasteiger partial charge on any atom is -0.489 e. The van der Waals surface area contributed by atoms with E-state index < -0.39 is 0 Å². The van der Waals surface area contributed by atoms with Crippen LogP contribution in [0.4, 0.5) is 0 Å². The minimum absolute atomic E-state index is 0.0400. The highest BCUT2D eigenvalue weighted by Gasteiger charge is 2.05. The summed E-state index contributed by atoms with van der Waals surface area (Å²) < 4.78 is 10.8. The molecular formula is C14H24N2O3. The van der Waals surface area contributed by atoms with E-state index in [1.165, 1.54) is 0 Å². The molecule has 0 unspecified atom stereocenters. The van der Waals surface area contributed by atoms with E-state index >= 15 is 0 Å². The molecule has 1 rings (SSSR count). The summed E-state index contributed by atoms with van der Waals surface area (Å²) in [6.07, 6.45) is 1.09. The lowest BCUT2D eigenvalue weighted by Crippen LogP contribution is -2.17. The summed E-state index contributed by atoms with van der Waals surface area (Å²) in [7, 11) is 0. The van der Waals surface area contributed by atoms with Crippen molar-refractivity contribution in [3.05, 3.63) is 23.5 Å². The molecule has 0 bridgehead atoms. The van der Waals surface area contributed by atoms with Crippen LogP contribution in [0.25, 0.3) is 0 Å². The summed E-state index contributed by atoms with van der Waals surface area (Å²) >= 11 is 0. The van der Waals surface area contributed by atoms with Gasteiger partial charge in [0.1, 0.15) is 12.4 Å². The molecule has 0 aliphatic rings. The third-order valence-electron chi connectivity index (χ3n) is 2.51. The Morgan fingerprint density at radius 3 is 2.84 bits per heavy atom. The van der Waals surface area contributed by atoms with Crippen molar-refractivity contribution in [1.82, 2.24) is 10.3 Å². The number of ether oxygens (including phenoxy) is 2. The van der Waals surface area contributed by atoms with Crippen LogP contribution in [0.1, 0.15) is 24.7 Å². The Morgan fingerprint density at radius 1 is 1.26 bits per heavy atom. The lowest BCUT2D eigenvalue weighted by Gasteiger charge is -2.12. The molecule has 2 N–H and O–H groups in total. The molecule has 0 saturated heterocycles. The molecule has 19 heavy (non-hydrogen) atoms. The Kier molecular flexibility index (Phi) is 8.13. The molecule has 0 atom stereocenters. The summed E-state index contributed by atoms with van der Waals surface area (Å²) in [4.78, 5) is 4.49. The Labute approximate surface area is 115 Å². The third kappa shape index (κ3) is 6.52. The van der Waals surface area contributed by atoms with Crippen molar-refractivity contribution in [2.24, 2.45) is 0 Å². The van der Waals surface area contributed by atoms with Gasteiger partial charge >= 0.3 is 0 Å². The Balaban J connectivity index is 2.45. The van der Waals surface area contributed by atoms with Crippen LogP contribution in [0.3, 0.4) is 0 Å². The van der Waals surface area contributed by atoms with Gasteiger partial charge < -0.3 is 19.9 Å². The maximum Gasteiger partial charge on any atom is 0.142 e. The largest absolute Gasteiger partial charge is 0.489 e. The second-order valence-corrected chi connectivity index (χ2v) is 4.26. The summed E-state index contributed by atoms with van der Waals surface area (Å²) in [6.45, 7) is 7.10. The number of aryl methyl sites for hydroxylation is 1. The molecule has 0 amide bonds. The predicted molar refractivity (Wildman–Crippen MR) is 74.4 cm³/mol. The molecule has 1 heterocycles. The van der Waals surface area contributed by atoms with Crippen LogP contribution in [0, 0.1) is 6.92 Å². The number of hydrogen-bond acceptors (Lipinski definition) is 5. The smallest absolute Gasteiger partial charge is 0.142 e. The van der Waals surface area contributed by atoms with Crippen LogP contribution in [0.15, 0.2) is 12.1 Å². The number of nitrogens with one attached hydrogen (secondary N) is 1. The average molecular weight is 268 g/mol. The second kappa shape index (κ2) is 9.72. The van der Waals surface area contributed by atoms with Crippen LogP contribution in [-0.2, 0) is 11.3 Å². The Hall–Kier alpha value is -1.17. The van der Waals surface area contributed by atoms with Crippen LogP contribution >= 0.6 is 0 Å². The van der Waals surface area contributed by atoms with Crippen molar-refractivity contribution >= 4 is 0 Å². The van der Waals surface area contributed by atoms with Crippen molar-refractivity contribution in [2.45, 2.75) is 26.8 Å². The zero-order valence-electron chi connectivity index (χ0n) is 11.8. The summed E-state index contributed by atoms with van der Waals surface area (Å²) in [5, 5.41) is 11.9. The lowest BCUT2D eigenvalue weighted by atomic mass is 10.2. The number of aliphatic hydroxyl groups excluding tert-OH is 1. The maximum absolute atomic E-state index is 8.59. The van der Waals surface area contributed by atoms with Gasteiger partial charge in [-0.2, -0.15) is 0 Å². The van der Waals surface area contributed by atoms with Gasteiger partial charge in [0, 0.05) is 12.2 Å². The number of nitrogens with zero attached hydrogens (tertiary/aromatic N) is 1. The Bertz CT molecular complexity index is 359. The second-order valence-electron chi connectivity index (χ2n) is 4.26. The van der Waals surface area contributed by atoms with Gasteiger partial charge in [0.25, 0.3) is 0 Å². The zero-order valence-corrected chi connectivity index (χ0v) is 11.8. The molecule has 5 heteroatoms. The van der Waals surface area contributed by atoms with Gasteiger partial charge in [-0.25, -0.2) is 0 Å². The fourth-order valence-corrected chi connectivity index (χ4v) is 1.62. The molecule has 5 nitrogen and oxygen atoms in total. The highest BCUT2D eigenvalue weighted by molar-refractivity contribution is 5.29. The number of rotatable bonds is 10. The third-order valence-corrected chi connectivity index (χ3v) is 2.51. The van der Waals surface area contributed by atoms with Crippen molar-refractivity contribution in [2.75, 3.05) is 33.0 Å². The van der Waals surface area contributed by atoms with E-state index in [9.17, 15) is 0 Å². The monoisotopic (exact) mass is 268 g/mol. The number of hydrogen-bond donors (Lipinski definition) is 2. The first kappa shape index (κ1) is 15.9. The van der Waals surface area contributed by atoms with Gasteiger partial charge in [-0.05, 0) is 32.0 Å². The van der Waals surface area contributed by atoms with Crippen molar-refractivity contribution in [3.8, 4) is 5.75 Å². The number of pyridine rings is 1. The Morgan fingerprint density at radius 2 is 2.11 bits per heavy atom. The van der Waals surface area contributed by atoms with Gasteiger partial charge in [-0.3, -0.25) is 4.98 Å². The summed E-state index contributed by atoms with van der Waals surface area (Å²) in [5.74, 6) is 0.793. The molecule has 0 aliphatic heterocycles. The molecule has 0 aliphatic carbocycles. The zero-order chi connectivity index (χ0) is 13.9. The fourth-order valence-electron chi connectivity index (χ4n) is 1.62. The molecule has 1 aromatic heterocycles. The van der Waals surface area contributed by atoms with Crippen LogP contribution in [0.2, 0.25) is 0 Å². The minimum atomic E-state index is 0.0400. The van der Waals surface area contributed by atoms with E-state index in [-0.39, 0.29) is 6.61 Å². The SMILES string of the molecule is CCCNCc1nc(C)ccc1OCCOCCO. The molecule has 0 spiro atoms. The first-order chi connectivity index (χ1) is 9.27. The van der Waals surface area contributed by atoms with Crippen LogP contribution in [-0.4, -0.2) is 43.1 Å². The van der Waals surface area contributed by atoms with Crippen molar-refractivity contribution in [3.63, 3.8) is 0 Å². The predicted octanol–water partition coefficient (Wildman–Crippen LogP) is 1.28. The first-order valence-electron chi connectivity index (χ1n) is 6.76. The van der Waals surface area contributed by atoms with Gasteiger partial charge in [0.2, 0.25) is 0 Å². The molecule has 108 valence electrons. The molecule has 0 fully saturated rings. The average Bonchev–Trinajstić information content (AvgIpc) is 2.41. The quantitative estimate of drug-likeness (QED) is 0.626. The van der Waals surface area contributed by atoms with E-state index in [2.05, 4.69) is 17.2 Å². The standard InChI is InChI=1S/C14H24N2O3/c1-3-6-15-11-13-14(5-4-12(2)16-13)19-10-9-18-8-7-17/h4-5,15,17H,3,6-11H2,1-2H3. The topological polar surface area (TPSA) is 63.6 Å². The molecule has 0 aromatic carbocycles. The van der Waals surface area contributed by atoms with Gasteiger partial charge in [-0.1, -0.05) is 6.92 Å². The number of aliphatic hydroxyl groups is 1. The first-order valence-corrected chi connectivity index (χ1v) is 6.76. The summed E-state index contributed by atoms with van der Waals surface area (Å²) in [6, 6.07) is 3.88.